The monoisotopic (exact) mass is 827 g/mol. The molecule has 5 rings (SSSR count). The average Bonchev–Trinajstić information content (AvgIpc) is 3.67. The highest BCUT2D eigenvalue weighted by atomic mass is 31.2. The number of anilines is 2. The van der Waals surface area contributed by atoms with Crippen molar-refractivity contribution in [3.05, 3.63) is 35.9 Å². The summed E-state index contributed by atoms with van der Waals surface area (Å²) in [6, 6.07) is 0.789. The number of carbonyl (C=O) groups excluding carboxylic acids is 4. The number of amides is 4. The molecule has 57 heavy (non-hydrogen) atoms. The second-order valence-electron chi connectivity index (χ2n) is 16.0. The minimum absolute atomic E-state index is 0.0494. The number of piperidine rings is 1. The molecule has 3 aliphatic heterocycles. The lowest BCUT2D eigenvalue weighted by Gasteiger charge is -2.32. The van der Waals surface area contributed by atoms with Crippen molar-refractivity contribution in [2.75, 3.05) is 43.1 Å². The molecule has 318 valence electrons. The number of alkyl carbamates (subject to hydrolysis) is 1. The first-order valence-electron chi connectivity index (χ1n) is 20.0. The van der Waals surface area contributed by atoms with Gasteiger partial charge in [0.1, 0.15) is 29.1 Å². The predicted molar refractivity (Wildman–Crippen MR) is 207 cm³/mol. The van der Waals surface area contributed by atoms with E-state index in [-0.39, 0.29) is 50.6 Å². The van der Waals surface area contributed by atoms with Crippen molar-refractivity contribution >= 4 is 43.0 Å². The fourth-order valence-corrected chi connectivity index (χ4v) is 10.2. The number of allylic oxidation sites excluding steroid dienone is 1. The summed E-state index contributed by atoms with van der Waals surface area (Å²) in [5, 5.41) is 6.68. The summed E-state index contributed by atoms with van der Waals surface area (Å²) in [6.45, 7) is 9.41. The summed E-state index contributed by atoms with van der Waals surface area (Å²) in [6.07, 6.45) is 1.90. The molecule has 14 nitrogen and oxygen atoms in total. The fourth-order valence-electron chi connectivity index (χ4n) is 7.78. The van der Waals surface area contributed by atoms with Crippen LogP contribution in [0.3, 0.4) is 0 Å². The standard InChI is InChI=1S/C39H57F3N5O9P/c1-6-53-57(52,54-7-2)38-24-27(38)16-12-9-8-10-13-17-29(43-36(51)56-37(3,4)5)34(49)47-25-28(23-32(47)33(48)45-38)55-35(50)44-30-22-26(39(40,41)42)18-19-31(30)46-20-14-11-15-21-46/h12,16,18-19,22,27-29,32H,6-11,13-15,17,20-21,23-25H2,1-5H3,(H,43,51)(H,44,50)(H,45,48)/b16-12-/t27-,28-,29+,32+,38+/m1/s1. The topological polar surface area (TPSA) is 165 Å². The summed E-state index contributed by atoms with van der Waals surface area (Å²) >= 11 is 0. The Hall–Kier alpha value is -3.82. The van der Waals surface area contributed by atoms with Gasteiger partial charge in [0.15, 0.2) is 0 Å². The number of nitrogens with zero attached hydrogens (tertiary/aromatic N) is 2. The van der Waals surface area contributed by atoms with Gasteiger partial charge in [0, 0.05) is 25.4 Å². The van der Waals surface area contributed by atoms with Gasteiger partial charge < -0.3 is 39.0 Å². The number of hydrogen-bond donors (Lipinski definition) is 3. The summed E-state index contributed by atoms with van der Waals surface area (Å²) in [5.41, 5.74) is -1.48. The van der Waals surface area contributed by atoms with Crippen LogP contribution in [0.4, 0.5) is 34.1 Å². The van der Waals surface area contributed by atoms with Crippen molar-refractivity contribution < 1.29 is 55.4 Å². The second-order valence-corrected chi connectivity index (χ2v) is 18.3. The number of halogens is 3. The Labute approximate surface area is 332 Å². The van der Waals surface area contributed by atoms with Crippen molar-refractivity contribution in [1.29, 1.82) is 0 Å². The highest BCUT2D eigenvalue weighted by Crippen LogP contribution is 2.73. The molecule has 1 aromatic carbocycles. The molecule has 0 bridgehead atoms. The summed E-state index contributed by atoms with van der Waals surface area (Å²) in [4.78, 5) is 58.5. The molecule has 0 spiro atoms. The lowest BCUT2D eigenvalue weighted by Crippen LogP contribution is -2.55. The van der Waals surface area contributed by atoms with Crippen LogP contribution in [0.2, 0.25) is 0 Å². The second kappa shape index (κ2) is 18.4. The quantitative estimate of drug-likeness (QED) is 0.166. The van der Waals surface area contributed by atoms with Crippen molar-refractivity contribution in [3.63, 3.8) is 0 Å². The van der Waals surface area contributed by atoms with Gasteiger partial charge in [0.2, 0.25) is 11.8 Å². The Morgan fingerprint density at radius 2 is 1.67 bits per heavy atom. The lowest BCUT2D eigenvalue weighted by molar-refractivity contribution is -0.140. The molecule has 2 saturated heterocycles. The molecule has 18 heteroatoms. The number of rotatable bonds is 9. The van der Waals surface area contributed by atoms with Crippen LogP contribution < -0.4 is 20.9 Å². The zero-order valence-corrected chi connectivity index (χ0v) is 34.3. The maximum Gasteiger partial charge on any atom is 0.416 e. The molecule has 0 unspecified atom stereocenters. The fraction of sp³-hybridized carbons (Fsp3) is 0.692. The van der Waals surface area contributed by atoms with Crippen LogP contribution >= 0.6 is 7.60 Å². The van der Waals surface area contributed by atoms with Crippen molar-refractivity contribution in [1.82, 2.24) is 15.5 Å². The first kappa shape index (κ1) is 44.3. The SMILES string of the molecule is CCOP(=O)(OCC)[C@@]12C[C@H]1/C=C\CCCCC[C@H](NC(=O)OC(C)(C)C)C(=O)N1C[C@H](OC(=O)Nc3cc(C(F)(F)F)ccc3N3CCCCC3)C[C@H]1C(=O)N2. The van der Waals surface area contributed by atoms with Crippen molar-refractivity contribution in [2.24, 2.45) is 5.92 Å². The first-order valence-corrected chi connectivity index (χ1v) is 21.6. The molecular formula is C39H57F3N5O9P. The predicted octanol–water partition coefficient (Wildman–Crippen LogP) is 7.73. The number of ether oxygens (including phenoxy) is 2. The van der Waals surface area contributed by atoms with E-state index in [0.717, 1.165) is 44.2 Å². The minimum atomic E-state index is -4.67. The number of hydrogen-bond acceptors (Lipinski definition) is 10. The van der Waals surface area contributed by atoms with E-state index < -0.39 is 72.4 Å². The summed E-state index contributed by atoms with van der Waals surface area (Å²) in [7, 11) is -3.96. The maximum atomic E-state index is 14.4. The third kappa shape index (κ3) is 11.0. The third-order valence-corrected chi connectivity index (χ3v) is 13.3. The van der Waals surface area contributed by atoms with Gasteiger partial charge in [0.05, 0.1) is 36.7 Å². The highest BCUT2D eigenvalue weighted by Gasteiger charge is 2.68. The molecule has 1 aromatic rings. The van der Waals surface area contributed by atoms with E-state index in [2.05, 4.69) is 16.0 Å². The average molecular weight is 828 g/mol. The van der Waals surface area contributed by atoms with Crippen LogP contribution in [0.1, 0.15) is 104 Å². The number of alkyl halides is 3. The molecule has 4 aliphatic rings. The smallest absolute Gasteiger partial charge is 0.416 e. The van der Waals surface area contributed by atoms with E-state index >= 15 is 0 Å². The minimum Gasteiger partial charge on any atom is -0.444 e. The highest BCUT2D eigenvalue weighted by molar-refractivity contribution is 7.56. The third-order valence-electron chi connectivity index (χ3n) is 10.5. The van der Waals surface area contributed by atoms with Crippen LogP contribution in [-0.2, 0) is 38.9 Å². The maximum absolute atomic E-state index is 14.4. The van der Waals surface area contributed by atoms with Crippen LogP contribution in [-0.4, -0.2) is 90.8 Å². The molecule has 0 aromatic heterocycles. The molecule has 4 amide bonds. The van der Waals surface area contributed by atoms with Gasteiger partial charge in [-0.25, -0.2) is 9.59 Å². The Kier molecular flexibility index (Phi) is 14.3. The summed E-state index contributed by atoms with van der Waals surface area (Å²) in [5.74, 6) is -1.70. The Balaban J connectivity index is 1.45. The van der Waals surface area contributed by atoms with Crippen LogP contribution in [0.25, 0.3) is 0 Å². The van der Waals surface area contributed by atoms with E-state index in [1.807, 2.05) is 17.1 Å². The van der Waals surface area contributed by atoms with Crippen molar-refractivity contribution in [3.8, 4) is 0 Å². The van der Waals surface area contributed by atoms with E-state index in [4.69, 9.17) is 18.5 Å². The molecule has 3 heterocycles. The van der Waals surface area contributed by atoms with Crippen molar-refractivity contribution in [2.45, 2.75) is 134 Å². The zero-order chi connectivity index (χ0) is 41.6. The number of nitrogens with one attached hydrogen (secondary N) is 3. The number of benzene rings is 1. The van der Waals surface area contributed by atoms with Gasteiger partial charge >= 0.3 is 26.0 Å². The zero-order valence-electron chi connectivity index (χ0n) is 33.5. The Morgan fingerprint density at radius 1 is 0.982 bits per heavy atom. The van der Waals surface area contributed by atoms with Gasteiger partial charge in [-0.1, -0.05) is 25.0 Å². The van der Waals surface area contributed by atoms with Crippen LogP contribution in [0.5, 0.6) is 0 Å². The van der Waals surface area contributed by atoms with Gasteiger partial charge in [0.25, 0.3) is 0 Å². The van der Waals surface area contributed by atoms with Gasteiger partial charge in [-0.3, -0.25) is 19.5 Å². The van der Waals surface area contributed by atoms with E-state index in [1.54, 1.807) is 34.6 Å². The number of carbonyl (C=O) groups is 4. The van der Waals surface area contributed by atoms with E-state index in [1.165, 1.54) is 11.0 Å². The molecule has 1 aliphatic carbocycles. The van der Waals surface area contributed by atoms with E-state index in [0.29, 0.717) is 31.6 Å². The normalized spacial score (nSPS) is 26.9. The van der Waals surface area contributed by atoms with Gasteiger partial charge in [-0.15, -0.1) is 0 Å². The Bertz CT molecular complexity index is 1690. The van der Waals surface area contributed by atoms with E-state index in [9.17, 15) is 36.9 Å². The Morgan fingerprint density at radius 3 is 2.32 bits per heavy atom. The largest absolute Gasteiger partial charge is 0.444 e. The van der Waals surface area contributed by atoms with Crippen LogP contribution in [0, 0.1) is 5.92 Å². The van der Waals surface area contributed by atoms with Crippen LogP contribution in [0.15, 0.2) is 30.4 Å². The first-order chi connectivity index (χ1) is 26.9. The molecule has 0 radical (unpaired) electrons. The molecule has 1 saturated carbocycles. The number of fused-ring (bicyclic) bond motifs is 2. The molecule has 3 N–H and O–H groups in total. The summed E-state index contributed by atoms with van der Waals surface area (Å²) < 4.78 is 78.4. The molecule has 5 atom stereocenters. The van der Waals surface area contributed by atoms with Gasteiger partial charge in [-0.2, -0.15) is 13.2 Å². The lowest BCUT2D eigenvalue weighted by atomic mass is 10.0. The molecule has 3 fully saturated rings. The van der Waals surface area contributed by atoms with Gasteiger partial charge in [-0.05, 0) is 97.8 Å². The molecular weight excluding hydrogens is 770 g/mol.